The minimum Gasteiger partial charge on any atom is -0.382 e. The largest absolute Gasteiger partial charge is 0.382 e. The lowest BCUT2D eigenvalue weighted by Crippen LogP contribution is -2.32. The van der Waals surface area contributed by atoms with Crippen LogP contribution in [0.25, 0.3) is 0 Å². The molecule has 23 heavy (non-hydrogen) atoms. The highest BCUT2D eigenvalue weighted by Crippen LogP contribution is 2.25. The third-order valence-corrected chi connectivity index (χ3v) is 3.73. The van der Waals surface area contributed by atoms with Gasteiger partial charge in [0.05, 0.1) is 12.6 Å². The lowest BCUT2D eigenvalue weighted by atomic mass is 10.1. The fourth-order valence-electron chi connectivity index (χ4n) is 2.61. The van der Waals surface area contributed by atoms with Crippen LogP contribution in [0.1, 0.15) is 24.4 Å². The van der Waals surface area contributed by atoms with Crippen LogP contribution in [0.3, 0.4) is 0 Å². The summed E-state index contributed by atoms with van der Waals surface area (Å²) >= 11 is 0. The van der Waals surface area contributed by atoms with E-state index in [0.717, 1.165) is 18.5 Å². The summed E-state index contributed by atoms with van der Waals surface area (Å²) in [6.45, 7) is 1.41. The van der Waals surface area contributed by atoms with Crippen molar-refractivity contribution in [3.8, 4) is 0 Å². The number of carbonyl (C=O) groups excluding carboxylic acids is 1. The molecule has 1 aliphatic rings. The van der Waals surface area contributed by atoms with Gasteiger partial charge >= 0.3 is 0 Å². The Morgan fingerprint density at radius 2 is 1.70 bits per heavy atom. The van der Waals surface area contributed by atoms with Crippen molar-refractivity contribution < 1.29 is 13.9 Å². The van der Waals surface area contributed by atoms with Crippen LogP contribution >= 0.6 is 0 Å². The maximum absolute atomic E-state index is 11.9. The fraction of sp³-hybridized carbons (Fsp3) is 0.316. The molecule has 2 aromatic rings. The highest BCUT2D eigenvalue weighted by Gasteiger charge is 2.28. The van der Waals surface area contributed by atoms with E-state index < -0.39 is 0 Å². The zero-order valence-electron chi connectivity index (χ0n) is 13.3. The van der Waals surface area contributed by atoms with E-state index in [2.05, 4.69) is 12.1 Å². The van der Waals surface area contributed by atoms with Gasteiger partial charge in [-0.05, 0) is 24.1 Å². The molecule has 122 valence electrons. The van der Waals surface area contributed by atoms with Crippen LogP contribution in [0, 0.1) is 5.82 Å². The minimum absolute atomic E-state index is 0.0706. The van der Waals surface area contributed by atoms with E-state index in [1.165, 1.54) is 12.1 Å². The summed E-state index contributed by atoms with van der Waals surface area (Å²) in [4.78, 5) is 13.7. The Hall–Kier alpha value is -2.20. The third-order valence-electron chi connectivity index (χ3n) is 3.73. The number of rotatable bonds is 4. The van der Waals surface area contributed by atoms with E-state index in [0.29, 0.717) is 13.0 Å². The average molecular weight is 315 g/mol. The van der Waals surface area contributed by atoms with E-state index in [-0.39, 0.29) is 17.8 Å². The highest BCUT2D eigenvalue weighted by molar-refractivity contribution is 5.78. The van der Waals surface area contributed by atoms with Crippen molar-refractivity contribution in [1.29, 1.82) is 0 Å². The van der Waals surface area contributed by atoms with Crippen molar-refractivity contribution in [2.24, 2.45) is 0 Å². The van der Waals surface area contributed by atoms with Crippen molar-refractivity contribution in [1.82, 2.24) is 4.90 Å². The molecule has 4 heteroatoms. The molecule has 1 fully saturated rings. The number of halogens is 1. The first-order valence-electron chi connectivity index (χ1n) is 7.76. The second kappa shape index (κ2) is 9.06. The van der Waals surface area contributed by atoms with Gasteiger partial charge in [-0.2, -0.15) is 0 Å². The molecule has 3 rings (SSSR count). The predicted octanol–water partition coefficient (Wildman–Crippen LogP) is 3.82. The summed E-state index contributed by atoms with van der Waals surface area (Å²) in [6.07, 6.45) is 1.64. The van der Waals surface area contributed by atoms with Crippen molar-refractivity contribution in [3.63, 3.8) is 0 Å². The van der Waals surface area contributed by atoms with E-state index in [1.54, 1.807) is 25.3 Å². The van der Waals surface area contributed by atoms with Gasteiger partial charge in [-0.15, -0.1) is 0 Å². The molecule has 2 aromatic carbocycles. The first kappa shape index (κ1) is 17.2. The number of methoxy groups -OCH3 is 1. The van der Waals surface area contributed by atoms with Crippen LogP contribution < -0.4 is 0 Å². The predicted molar refractivity (Wildman–Crippen MR) is 88.4 cm³/mol. The molecule has 0 saturated carbocycles. The van der Waals surface area contributed by atoms with Gasteiger partial charge < -0.3 is 9.64 Å². The second-order valence-corrected chi connectivity index (χ2v) is 5.37. The van der Waals surface area contributed by atoms with Gasteiger partial charge in [-0.3, -0.25) is 4.79 Å². The molecule has 3 nitrogen and oxygen atoms in total. The van der Waals surface area contributed by atoms with Crippen LogP contribution in [-0.2, 0) is 9.53 Å². The number of hydrogen-bond acceptors (Lipinski definition) is 2. The quantitative estimate of drug-likeness (QED) is 0.858. The molecule has 1 heterocycles. The summed E-state index contributed by atoms with van der Waals surface area (Å²) < 4.78 is 17.1. The molecule has 1 unspecified atom stereocenters. The summed E-state index contributed by atoms with van der Waals surface area (Å²) in [5.74, 6) is 0.0633. The Morgan fingerprint density at radius 3 is 2.13 bits per heavy atom. The van der Waals surface area contributed by atoms with Crippen LogP contribution in [0.2, 0.25) is 0 Å². The van der Waals surface area contributed by atoms with Crippen molar-refractivity contribution in [2.45, 2.75) is 18.9 Å². The first-order valence-corrected chi connectivity index (χ1v) is 7.76. The van der Waals surface area contributed by atoms with Gasteiger partial charge in [0.25, 0.3) is 0 Å². The molecular weight excluding hydrogens is 293 g/mol. The van der Waals surface area contributed by atoms with Crippen LogP contribution in [-0.4, -0.2) is 31.1 Å². The van der Waals surface area contributed by atoms with Gasteiger partial charge in [0, 0.05) is 20.1 Å². The Kier molecular flexibility index (Phi) is 6.76. The Bertz CT molecular complexity index is 589. The smallest absolute Gasteiger partial charge is 0.223 e. The molecule has 0 radical (unpaired) electrons. The number of amides is 1. The van der Waals surface area contributed by atoms with E-state index in [4.69, 9.17) is 4.74 Å². The number of ether oxygens (including phenoxy) is 1. The van der Waals surface area contributed by atoms with E-state index >= 15 is 0 Å². The normalized spacial score (nSPS) is 15.0. The molecule has 0 spiro atoms. The Labute approximate surface area is 136 Å². The SMILES string of the molecule is COCC(c1ccccc1)N1CCCC1=O.Fc1ccccc1. The van der Waals surface area contributed by atoms with Gasteiger partial charge in [-0.1, -0.05) is 48.5 Å². The van der Waals surface area contributed by atoms with Crippen molar-refractivity contribution >= 4 is 5.91 Å². The molecule has 1 atom stereocenters. The number of likely N-dealkylation sites (tertiary alicyclic amines) is 1. The van der Waals surface area contributed by atoms with Gasteiger partial charge in [-0.25, -0.2) is 4.39 Å². The maximum Gasteiger partial charge on any atom is 0.223 e. The summed E-state index contributed by atoms with van der Waals surface area (Å²) in [5, 5.41) is 0. The summed E-state index contributed by atoms with van der Waals surface area (Å²) in [7, 11) is 1.68. The maximum atomic E-state index is 11.9. The van der Waals surface area contributed by atoms with E-state index in [9.17, 15) is 9.18 Å². The average Bonchev–Trinajstić information content (AvgIpc) is 3.00. The van der Waals surface area contributed by atoms with Crippen molar-refractivity contribution in [2.75, 3.05) is 20.3 Å². The van der Waals surface area contributed by atoms with Gasteiger partial charge in [0.2, 0.25) is 5.91 Å². The molecule has 0 N–H and O–H groups in total. The minimum atomic E-state index is -0.178. The number of nitrogens with zero attached hydrogens (tertiary/aromatic N) is 1. The lowest BCUT2D eigenvalue weighted by Gasteiger charge is -2.27. The van der Waals surface area contributed by atoms with Crippen LogP contribution in [0.4, 0.5) is 4.39 Å². The second-order valence-electron chi connectivity index (χ2n) is 5.37. The zero-order valence-corrected chi connectivity index (χ0v) is 13.3. The fourth-order valence-corrected chi connectivity index (χ4v) is 2.61. The lowest BCUT2D eigenvalue weighted by molar-refractivity contribution is -0.130. The highest BCUT2D eigenvalue weighted by atomic mass is 19.1. The third kappa shape index (κ3) is 5.18. The first-order chi connectivity index (χ1) is 11.2. The summed E-state index contributed by atoms with van der Waals surface area (Å²) in [6, 6.07) is 18.1. The summed E-state index contributed by atoms with van der Waals surface area (Å²) in [5.41, 5.74) is 1.15. The molecular formula is C19H22FNO2. The standard InChI is InChI=1S/C13H17NO2.C6H5F/c1-16-10-12(11-6-3-2-4-7-11)14-9-5-8-13(14)15;7-6-4-2-1-3-5-6/h2-4,6-7,12H,5,8-10H2,1H3;1-5H. The Balaban J connectivity index is 0.000000229. The van der Waals surface area contributed by atoms with Crippen LogP contribution in [0.5, 0.6) is 0 Å². The molecule has 1 aliphatic heterocycles. The van der Waals surface area contributed by atoms with Crippen LogP contribution in [0.15, 0.2) is 60.7 Å². The van der Waals surface area contributed by atoms with Gasteiger partial charge in [0.1, 0.15) is 5.82 Å². The molecule has 0 aliphatic carbocycles. The molecule has 0 bridgehead atoms. The number of carbonyl (C=O) groups is 1. The van der Waals surface area contributed by atoms with Gasteiger partial charge in [0.15, 0.2) is 0 Å². The van der Waals surface area contributed by atoms with E-state index in [1.807, 2.05) is 23.1 Å². The van der Waals surface area contributed by atoms with Crippen molar-refractivity contribution in [3.05, 3.63) is 72.0 Å². The zero-order chi connectivity index (χ0) is 16.5. The monoisotopic (exact) mass is 315 g/mol. The molecule has 1 amide bonds. The number of benzene rings is 2. The molecule has 0 aromatic heterocycles. The number of hydrogen-bond donors (Lipinski definition) is 0. The molecule has 1 saturated heterocycles. The topological polar surface area (TPSA) is 29.5 Å². The Morgan fingerprint density at radius 1 is 1.09 bits per heavy atom.